The molecular weight excluding hydrogens is 379 g/mol. The number of halogens is 4. The smallest absolute Gasteiger partial charge is 0.272 e. The second-order valence-electron chi connectivity index (χ2n) is 5.25. The van der Waals surface area contributed by atoms with Crippen LogP contribution < -0.4 is 15.0 Å². The van der Waals surface area contributed by atoms with Gasteiger partial charge >= 0.3 is 6.18 Å². The maximum absolute atomic E-state index is 12.5. The normalized spacial score (nSPS) is 12.2. The van der Waals surface area contributed by atoms with Crippen molar-refractivity contribution in [1.29, 1.82) is 0 Å². The number of aromatic nitrogens is 1. The summed E-state index contributed by atoms with van der Waals surface area (Å²) >= 11 is 5.78. The fourth-order valence-electron chi connectivity index (χ4n) is 1.94. The van der Waals surface area contributed by atoms with Crippen LogP contribution in [0.3, 0.4) is 0 Å². The van der Waals surface area contributed by atoms with Gasteiger partial charge in [-0.15, -0.1) is 0 Å². The van der Waals surface area contributed by atoms with Gasteiger partial charge < -0.3 is 0 Å². The largest absolute Gasteiger partial charge is 0.419 e. The van der Waals surface area contributed by atoms with Gasteiger partial charge in [-0.2, -0.15) is 13.2 Å². The minimum Gasteiger partial charge on any atom is -0.272 e. The third-order valence-electron chi connectivity index (χ3n) is 3.27. The molecule has 0 aliphatic carbocycles. The Bertz CT molecular complexity index is 840. The van der Waals surface area contributed by atoms with Crippen LogP contribution in [-0.2, 0) is 16.2 Å². The number of aromatic amines is 1. The van der Waals surface area contributed by atoms with E-state index in [9.17, 15) is 21.6 Å². The molecule has 0 aliphatic rings. The Morgan fingerprint density at radius 1 is 1.16 bits per heavy atom. The molecule has 5 nitrogen and oxygen atoms in total. The molecule has 0 unspecified atom stereocenters. The summed E-state index contributed by atoms with van der Waals surface area (Å²) in [6, 6.07) is 7.14. The van der Waals surface area contributed by atoms with Crippen molar-refractivity contribution < 1.29 is 26.6 Å². The van der Waals surface area contributed by atoms with Crippen molar-refractivity contribution in [2.75, 3.05) is 18.4 Å². The average Bonchev–Trinajstić information content (AvgIpc) is 2.52. The molecule has 136 valence electrons. The second kappa shape index (κ2) is 7.59. The highest BCUT2D eigenvalue weighted by atomic mass is 35.5. The van der Waals surface area contributed by atoms with Crippen LogP contribution in [0.2, 0.25) is 5.02 Å². The topological polar surface area (TPSA) is 72.3 Å². The van der Waals surface area contributed by atoms with E-state index in [2.05, 4.69) is 15.0 Å². The Morgan fingerprint density at radius 3 is 2.36 bits per heavy atom. The van der Waals surface area contributed by atoms with Crippen molar-refractivity contribution in [2.45, 2.75) is 18.0 Å². The van der Waals surface area contributed by atoms with Gasteiger partial charge in [-0.3, -0.25) is 5.32 Å². The number of aryl methyl sites for hydroxylation is 1. The zero-order valence-corrected chi connectivity index (χ0v) is 14.7. The Labute approximate surface area is 148 Å². The number of alkyl halides is 3. The summed E-state index contributed by atoms with van der Waals surface area (Å²) < 4.78 is 64.2. The van der Waals surface area contributed by atoms with Crippen LogP contribution in [0.25, 0.3) is 0 Å². The highest BCUT2D eigenvalue weighted by Gasteiger charge is 2.32. The lowest BCUT2D eigenvalue weighted by molar-refractivity contribution is -0.364. The van der Waals surface area contributed by atoms with Gasteiger partial charge in [-0.25, -0.2) is 18.1 Å². The number of benzene rings is 1. The maximum Gasteiger partial charge on any atom is 0.419 e. The molecule has 3 N–H and O–H groups in total. The van der Waals surface area contributed by atoms with Crippen LogP contribution in [0.5, 0.6) is 0 Å². The summed E-state index contributed by atoms with van der Waals surface area (Å²) in [5, 5.41) is 2.60. The molecule has 1 aromatic heterocycles. The third kappa shape index (κ3) is 5.32. The highest BCUT2D eigenvalue weighted by molar-refractivity contribution is 7.89. The number of anilines is 1. The van der Waals surface area contributed by atoms with Gasteiger partial charge in [0.15, 0.2) is 0 Å². The van der Waals surface area contributed by atoms with E-state index >= 15 is 0 Å². The second-order valence-corrected chi connectivity index (χ2v) is 7.42. The maximum atomic E-state index is 12.5. The van der Waals surface area contributed by atoms with Gasteiger partial charge in [0.1, 0.15) is 11.2 Å². The van der Waals surface area contributed by atoms with Crippen molar-refractivity contribution in [1.82, 2.24) is 4.72 Å². The van der Waals surface area contributed by atoms with Gasteiger partial charge in [0.25, 0.3) is 5.82 Å². The van der Waals surface area contributed by atoms with Gasteiger partial charge in [0, 0.05) is 6.54 Å². The molecule has 0 saturated heterocycles. The van der Waals surface area contributed by atoms with Crippen molar-refractivity contribution in [2.24, 2.45) is 0 Å². The molecule has 1 heterocycles. The molecule has 0 amide bonds. The predicted molar refractivity (Wildman–Crippen MR) is 87.9 cm³/mol. The number of rotatable bonds is 6. The van der Waals surface area contributed by atoms with E-state index in [1.807, 2.05) is 6.92 Å². The molecule has 0 spiro atoms. The van der Waals surface area contributed by atoms with Gasteiger partial charge in [-0.1, -0.05) is 29.3 Å². The van der Waals surface area contributed by atoms with E-state index in [4.69, 9.17) is 11.6 Å². The number of sulfonamides is 1. The third-order valence-corrected chi connectivity index (χ3v) is 5.05. The van der Waals surface area contributed by atoms with E-state index in [0.717, 1.165) is 17.8 Å². The van der Waals surface area contributed by atoms with Crippen LogP contribution >= 0.6 is 11.6 Å². The summed E-state index contributed by atoms with van der Waals surface area (Å²) in [5.41, 5.74) is 0.0382. The van der Waals surface area contributed by atoms with Crippen molar-refractivity contribution >= 4 is 27.4 Å². The van der Waals surface area contributed by atoms with Crippen LogP contribution in [0.15, 0.2) is 41.4 Å². The summed E-state index contributed by atoms with van der Waals surface area (Å²) in [5.74, 6) is 0.171. The Balaban J connectivity index is 1.92. The first kappa shape index (κ1) is 19.5. The monoisotopic (exact) mass is 394 g/mol. The SMILES string of the molecule is Cc1ccc(S(=O)(=O)NCCNc2[nH+]cc(C(F)(F)F)cc2Cl)cc1. The zero-order valence-electron chi connectivity index (χ0n) is 13.1. The summed E-state index contributed by atoms with van der Waals surface area (Å²) in [6.45, 7) is 2.01. The molecule has 1 aromatic carbocycles. The first-order valence-corrected chi connectivity index (χ1v) is 9.04. The number of hydrogen-bond acceptors (Lipinski definition) is 3. The molecule has 0 aliphatic heterocycles. The molecule has 2 rings (SSSR count). The molecule has 25 heavy (non-hydrogen) atoms. The van der Waals surface area contributed by atoms with Crippen LogP contribution in [-0.4, -0.2) is 21.5 Å². The van der Waals surface area contributed by atoms with Crippen LogP contribution in [0, 0.1) is 6.92 Å². The van der Waals surface area contributed by atoms with Crippen molar-refractivity contribution in [3.05, 3.63) is 52.7 Å². The van der Waals surface area contributed by atoms with Crippen LogP contribution in [0.4, 0.5) is 19.0 Å². The van der Waals surface area contributed by atoms with Gasteiger partial charge in [0.2, 0.25) is 10.0 Å². The number of pyridine rings is 1. The lowest BCUT2D eigenvalue weighted by atomic mass is 10.2. The lowest BCUT2D eigenvalue weighted by Gasteiger charge is -2.08. The molecule has 0 fully saturated rings. The molecule has 2 aromatic rings. The quantitative estimate of drug-likeness (QED) is 0.740. The minimum absolute atomic E-state index is 0.0292. The lowest BCUT2D eigenvalue weighted by Crippen LogP contribution is -2.30. The fourth-order valence-corrected chi connectivity index (χ4v) is 3.21. The average molecular weight is 395 g/mol. The Kier molecular flexibility index (Phi) is 5.91. The van der Waals surface area contributed by atoms with Crippen molar-refractivity contribution in [3.63, 3.8) is 0 Å². The van der Waals surface area contributed by atoms with Crippen LogP contribution in [0.1, 0.15) is 11.1 Å². The van der Waals surface area contributed by atoms with Gasteiger partial charge in [-0.05, 0) is 25.1 Å². The van der Waals surface area contributed by atoms with E-state index in [-0.39, 0.29) is 28.8 Å². The van der Waals surface area contributed by atoms with E-state index < -0.39 is 21.8 Å². The molecule has 0 saturated carbocycles. The summed E-state index contributed by atoms with van der Waals surface area (Å²) in [6.07, 6.45) is -3.72. The first-order valence-electron chi connectivity index (χ1n) is 7.18. The molecular formula is C15H16ClF3N3O2S+. The Hall–Kier alpha value is -1.84. The summed E-state index contributed by atoms with van der Waals surface area (Å²) in [4.78, 5) is 2.54. The standard InChI is InChI=1S/C15H15ClF3N3O2S/c1-10-2-4-12(5-3-10)25(23,24)22-7-6-20-14-13(16)8-11(9-21-14)15(17,18)19/h2-5,8-9,22H,6-7H2,1H3,(H,20,21)/p+1. The minimum atomic E-state index is -4.50. The summed E-state index contributed by atoms with van der Waals surface area (Å²) in [7, 11) is -3.65. The van der Waals surface area contributed by atoms with E-state index in [1.54, 1.807) is 12.1 Å². The Morgan fingerprint density at radius 2 is 1.80 bits per heavy atom. The predicted octanol–water partition coefficient (Wildman–Crippen LogP) is 2.87. The molecule has 0 radical (unpaired) electrons. The van der Waals surface area contributed by atoms with E-state index in [1.165, 1.54) is 12.1 Å². The fraction of sp³-hybridized carbons (Fsp3) is 0.267. The van der Waals surface area contributed by atoms with E-state index in [0.29, 0.717) is 0 Å². The number of H-pyrrole nitrogens is 1. The van der Waals surface area contributed by atoms with Crippen molar-refractivity contribution in [3.8, 4) is 0 Å². The molecule has 10 heteroatoms. The molecule has 0 atom stereocenters. The number of nitrogens with one attached hydrogen (secondary N) is 3. The first-order chi connectivity index (χ1) is 11.6. The highest BCUT2D eigenvalue weighted by Crippen LogP contribution is 2.30. The number of hydrogen-bond donors (Lipinski definition) is 2. The molecule has 0 bridgehead atoms. The zero-order chi connectivity index (χ0) is 18.7. The van der Waals surface area contributed by atoms with Gasteiger partial charge in [0.05, 0.1) is 17.0 Å².